The van der Waals surface area contributed by atoms with Gasteiger partial charge in [0.05, 0.1) is 0 Å². The number of fused-ring (bicyclic) bond motifs is 1. The molecule has 3 rings (SSSR count). The zero-order chi connectivity index (χ0) is 10.3. The second-order valence-electron chi connectivity index (χ2n) is 4.19. The van der Waals surface area contributed by atoms with Crippen LogP contribution in [0.25, 0.3) is 0 Å². The number of benzene rings is 1. The number of ether oxygens (including phenoxy) is 2. The Balaban J connectivity index is 1.97. The van der Waals surface area contributed by atoms with Gasteiger partial charge in [0, 0.05) is 4.75 Å². The molecule has 0 aromatic heterocycles. The molecule has 1 saturated heterocycles. The van der Waals surface area contributed by atoms with Crippen LogP contribution in [0.5, 0.6) is 11.5 Å². The second-order valence-corrected chi connectivity index (χ2v) is 5.79. The van der Waals surface area contributed by atoms with Crippen molar-refractivity contribution in [3.8, 4) is 11.5 Å². The van der Waals surface area contributed by atoms with Gasteiger partial charge in [-0.2, -0.15) is 11.8 Å². The third kappa shape index (κ3) is 1.49. The van der Waals surface area contributed by atoms with Crippen molar-refractivity contribution in [3.05, 3.63) is 23.8 Å². The van der Waals surface area contributed by atoms with Crippen LogP contribution in [0.1, 0.15) is 18.9 Å². The predicted molar refractivity (Wildman–Crippen MR) is 61.9 cm³/mol. The van der Waals surface area contributed by atoms with Crippen LogP contribution in [0.15, 0.2) is 18.2 Å². The Bertz CT molecular complexity index is 385. The van der Waals surface area contributed by atoms with Crippen molar-refractivity contribution in [3.63, 3.8) is 0 Å². The van der Waals surface area contributed by atoms with Crippen LogP contribution in [-0.2, 0) is 4.75 Å². The highest BCUT2D eigenvalue weighted by Gasteiger charge is 2.35. The van der Waals surface area contributed by atoms with Crippen LogP contribution in [0.4, 0.5) is 0 Å². The van der Waals surface area contributed by atoms with Gasteiger partial charge in [-0.3, -0.25) is 0 Å². The van der Waals surface area contributed by atoms with E-state index in [4.69, 9.17) is 9.47 Å². The van der Waals surface area contributed by atoms with Gasteiger partial charge in [0.2, 0.25) is 0 Å². The molecule has 1 aromatic carbocycles. The lowest BCUT2D eigenvalue weighted by Gasteiger charge is -2.38. The van der Waals surface area contributed by atoms with Crippen molar-refractivity contribution < 1.29 is 9.47 Å². The molecule has 0 amide bonds. The summed E-state index contributed by atoms with van der Waals surface area (Å²) in [5.74, 6) is 3.07. The fraction of sp³-hybridized carbons (Fsp3) is 0.500. The Morgan fingerprint density at radius 3 is 2.60 bits per heavy atom. The molecule has 0 N–H and O–H groups in total. The lowest BCUT2D eigenvalue weighted by atomic mass is 9.96. The monoisotopic (exact) mass is 222 g/mol. The molecule has 2 nitrogen and oxygen atoms in total. The van der Waals surface area contributed by atoms with Crippen molar-refractivity contribution in [2.24, 2.45) is 0 Å². The molecular weight excluding hydrogens is 208 g/mol. The molecule has 80 valence electrons. The SMILES string of the molecule is CC1(c2ccc3c(c2)OCCO3)CCS1. The zero-order valence-corrected chi connectivity index (χ0v) is 9.60. The summed E-state index contributed by atoms with van der Waals surface area (Å²) in [6.45, 7) is 3.63. The largest absolute Gasteiger partial charge is 0.486 e. The first kappa shape index (κ1) is 9.40. The third-order valence-electron chi connectivity index (χ3n) is 3.15. The fourth-order valence-electron chi connectivity index (χ4n) is 2.01. The van der Waals surface area contributed by atoms with Crippen molar-refractivity contribution in [2.45, 2.75) is 18.1 Å². The van der Waals surface area contributed by atoms with Gasteiger partial charge in [0.15, 0.2) is 11.5 Å². The lowest BCUT2D eigenvalue weighted by molar-refractivity contribution is 0.171. The highest BCUT2D eigenvalue weighted by molar-refractivity contribution is 8.01. The average molecular weight is 222 g/mol. The maximum atomic E-state index is 5.59. The van der Waals surface area contributed by atoms with Gasteiger partial charge in [-0.25, -0.2) is 0 Å². The van der Waals surface area contributed by atoms with Gasteiger partial charge in [0.25, 0.3) is 0 Å². The van der Waals surface area contributed by atoms with E-state index in [9.17, 15) is 0 Å². The molecule has 2 aliphatic heterocycles. The summed E-state index contributed by atoms with van der Waals surface area (Å²) >= 11 is 2.02. The van der Waals surface area contributed by atoms with Crippen LogP contribution in [0.3, 0.4) is 0 Å². The minimum absolute atomic E-state index is 0.301. The Kier molecular flexibility index (Phi) is 2.09. The van der Waals surface area contributed by atoms with Gasteiger partial charge in [-0.1, -0.05) is 6.07 Å². The van der Waals surface area contributed by atoms with Crippen LogP contribution in [-0.4, -0.2) is 19.0 Å². The molecule has 1 unspecified atom stereocenters. The zero-order valence-electron chi connectivity index (χ0n) is 8.79. The summed E-state index contributed by atoms with van der Waals surface area (Å²) in [6, 6.07) is 6.34. The lowest BCUT2D eigenvalue weighted by Crippen LogP contribution is -2.28. The Morgan fingerprint density at radius 2 is 1.93 bits per heavy atom. The van der Waals surface area contributed by atoms with Gasteiger partial charge in [-0.05, 0) is 36.8 Å². The minimum atomic E-state index is 0.301. The van der Waals surface area contributed by atoms with E-state index in [1.807, 2.05) is 17.8 Å². The molecule has 1 fully saturated rings. The molecule has 1 aromatic rings. The van der Waals surface area contributed by atoms with Gasteiger partial charge >= 0.3 is 0 Å². The van der Waals surface area contributed by atoms with Crippen molar-refractivity contribution in [1.82, 2.24) is 0 Å². The molecule has 0 spiro atoms. The van der Waals surface area contributed by atoms with Crippen molar-refractivity contribution in [1.29, 1.82) is 0 Å². The van der Waals surface area contributed by atoms with E-state index in [-0.39, 0.29) is 0 Å². The molecule has 1 atom stereocenters. The molecule has 0 saturated carbocycles. The molecule has 0 aliphatic carbocycles. The number of hydrogen-bond acceptors (Lipinski definition) is 3. The molecule has 2 heterocycles. The number of hydrogen-bond donors (Lipinski definition) is 0. The van der Waals surface area contributed by atoms with E-state index >= 15 is 0 Å². The number of rotatable bonds is 1. The molecule has 0 radical (unpaired) electrons. The topological polar surface area (TPSA) is 18.5 Å². The Labute approximate surface area is 94.0 Å². The summed E-state index contributed by atoms with van der Waals surface area (Å²) in [5, 5.41) is 0. The van der Waals surface area contributed by atoms with E-state index in [2.05, 4.69) is 19.1 Å². The molecule has 15 heavy (non-hydrogen) atoms. The van der Waals surface area contributed by atoms with Crippen LogP contribution >= 0.6 is 11.8 Å². The standard InChI is InChI=1S/C12H14O2S/c1-12(4-7-15-12)9-2-3-10-11(8-9)14-6-5-13-10/h2-3,8H,4-7H2,1H3. The summed E-state index contributed by atoms with van der Waals surface area (Å²) in [6.07, 6.45) is 1.26. The Hall–Kier alpha value is -0.830. The van der Waals surface area contributed by atoms with Crippen molar-refractivity contribution >= 4 is 11.8 Å². The second kappa shape index (κ2) is 3.34. The smallest absolute Gasteiger partial charge is 0.161 e. The van der Waals surface area contributed by atoms with E-state index in [1.54, 1.807) is 0 Å². The Morgan fingerprint density at radius 1 is 1.20 bits per heavy atom. The first-order chi connectivity index (χ1) is 7.28. The van der Waals surface area contributed by atoms with Crippen molar-refractivity contribution in [2.75, 3.05) is 19.0 Å². The summed E-state index contributed by atoms with van der Waals surface area (Å²) < 4.78 is 11.4. The van der Waals surface area contributed by atoms with E-state index in [1.165, 1.54) is 17.7 Å². The van der Waals surface area contributed by atoms with Crippen LogP contribution in [0, 0.1) is 0 Å². The summed E-state index contributed by atoms with van der Waals surface area (Å²) in [4.78, 5) is 0. The molecular formula is C12H14O2S. The van der Waals surface area contributed by atoms with E-state index in [0.717, 1.165) is 11.5 Å². The van der Waals surface area contributed by atoms with Gasteiger partial charge < -0.3 is 9.47 Å². The highest BCUT2D eigenvalue weighted by atomic mass is 32.2. The summed E-state index contributed by atoms with van der Waals surface area (Å²) in [5.41, 5.74) is 1.36. The maximum absolute atomic E-state index is 5.59. The van der Waals surface area contributed by atoms with E-state index in [0.29, 0.717) is 18.0 Å². The first-order valence-corrected chi connectivity index (χ1v) is 6.31. The number of thioether (sulfide) groups is 1. The minimum Gasteiger partial charge on any atom is -0.486 e. The molecule has 3 heteroatoms. The maximum Gasteiger partial charge on any atom is 0.161 e. The normalized spacial score (nSPS) is 28.3. The van der Waals surface area contributed by atoms with Crippen LogP contribution in [0.2, 0.25) is 0 Å². The predicted octanol–water partition coefficient (Wildman–Crippen LogP) is 2.81. The van der Waals surface area contributed by atoms with Crippen LogP contribution < -0.4 is 9.47 Å². The molecule has 0 bridgehead atoms. The fourth-order valence-corrected chi connectivity index (χ4v) is 3.12. The van der Waals surface area contributed by atoms with Gasteiger partial charge in [-0.15, -0.1) is 0 Å². The third-order valence-corrected chi connectivity index (χ3v) is 4.64. The summed E-state index contributed by atoms with van der Waals surface area (Å²) in [7, 11) is 0. The quantitative estimate of drug-likeness (QED) is 0.728. The molecule has 2 aliphatic rings. The first-order valence-electron chi connectivity index (χ1n) is 5.32. The average Bonchev–Trinajstić information content (AvgIpc) is 2.25. The van der Waals surface area contributed by atoms with Gasteiger partial charge in [0.1, 0.15) is 13.2 Å². The van der Waals surface area contributed by atoms with E-state index < -0.39 is 0 Å². The highest BCUT2D eigenvalue weighted by Crippen LogP contribution is 2.50.